The topological polar surface area (TPSA) is 55.4 Å². The second-order valence-electron chi connectivity index (χ2n) is 6.29. The number of benzene rings is 1. The van der Waals surface area contributed by atoms with E-state index in [1.165, 1.54) is 12.1 Å². The van der Waals surface area contributed by atoms with Crippen LogP contribution in [0.15, 0.2) is 29.5 Å². The van der Waals surface area contributed by atoms with E-state index in [1.54, 1.807) is 13.0 Å². The highest BCUT2D eigenvalue weighted by molar-refractivity contribution is 6.31. The maximum absolute atomic E-state index is 14.3. The average molecular weight is 352 g/mol. The Balaban J connectivity index is 1.97. The number of allylic oxidation sites excluding steroid dienone is 1. The molecule has 1 aromatic carbocycles. The summed E-state index contributed by atoms with van der Waals surface area (Å²) in [7, 11) is 0. The van der Waals surface area contributed by atoms with Crippen molar-refractivity contribution in [2.75, 3.05) is 0 Å². The molecule has 0 unspecified atom stereocenters. The van der Waals surface area contributed by atoms with Gasteiger partial charge in [-0.3, -0.25) is 4.79 Å². The molecule has 1 saturated carbocycles. The molecule has 1 aliphatic carbocycles. The van der Waals surface area contributed by atoms with Crippen LogP contribution in [0.2, 0.25) is 5.02 Å². The highest BCUT2D eigenvalue weighted by atomic mass is 35.5. The van der Waals surface area contributed by atoms with Crippen molar-refractivity contribution in [1.29, 1.82) is 0 Å². The van der Waals surface area contributed by atoms with Gasteiger partial charge in [-0.1, -0.05) is 17.7 Å². The van der Waals surface area contributed by atoms with Crippen LogP contribution < -0.4 is 5.32 Å². The smallest absolute Gasteiger partial charge is 0.336 e. The number of ether oxygens (including phenoxy) is 1. The summed E-state index contributed by atoms with van der Waals surface area (Å²) in [4.78, 5) is 24.6. The molecule has 1 amide bonds. The summed E-state index contributed by atoms with van der Waals surface area (Å²) in [5, 5.41) is 2.85. The van der Waals surface area contributed by atoms with Crippen LogP contribution in [-0.2, 0) is 14.3 Å². The molecule has 0 spiro atoms. The van der Waals surface area contributed by atoms with Crippen molar-refractivity contribution in [2.24, 2.45) is 0 Å². The fraction of sp³-hybridized carbons (Fsp3) is 0.444. The number of hydrogen-bond donors (Lipinski definition) is 1. The normalized spacial score (nSPS) is 21.8. The summed E-state index contributed by atoms with van der Waals surface area (Å²) in [6, 6.07) is 4.34. The molecule has 0 bridgehead atoms. The number of esters is 1. The molecular weight excluding hydrogens is 333 g/mol. The van der Waals surface area contributed by atoms with Crippen LogP contribution in [0.5, 0.6) is 0 Å². The number of amides is 1. The number of halogens is 2. The molecule has 3 rings (SSSR count). The molecule has 24 heavy (non-hydrogen) atoms. The molecule has 0 radical (unpaired) electrons. The molecule has 1 aromatic rings. The molecule has 1 atom stereocenters. The Hall–Kier alpha value is -1.88. The van der Waals surface area contributed by atoms with Gasteiger partial charge in [-0.2, -0.15) is 0 Å². The first-order chi connectivity index (χ1) is 11.5. The molecule has 0 aromatic heterocycles. The maximum Gasteiger partial charge on any atom is 0.336 e. The molecule has 0 saturated heterocycles. The second kappa shape index (κ2) is 6.93. The van der Waals surface area contributed by atoms with Crippen molar-refractivity contribution in [3.8, 4) is 0 Å². The molecule has 6 heteroatoms. The highest BCUT2D eigenvalue weighted by Gasteiger charge is 2.36. The van der Waals surface area contributed by atoms with Crippen LogP contribution in [-0.4, -0.2) is 18.0 Å². The monoisotopic (exact) mass is 351 g/mol. The lowest BCUT2D eigenvalue weighted by Crippen LogP contribution is -2.35. The molecule has 1 fully saturated rings. The molecule has 1 N–H and O–H groups in total. The number of hydrogen-bond acceptors (Lipinski definition) is 3. The van der Waals surface area contributed by atoms with Gasteiger partial charge in [0.25, 0.3) is 0 Å². The predicted molar refractivity (Wildman–Crippen MR) is 88.0 cm³/mol. The molecule has 2 aliphatic rings. The van der Waals surface area contributed by atoms with E-state index in [4.69, 9.17) is 16.3 Å². The average Bonchev–Trinajstić information content (AvgIpc) is 2.99. The third-order valence-electron chi connectivity index (χ3n) is 4.61. The summed E-state index contributed by atoms with van der Waals surface area (Å²) >= 11 is 6.15. The van der Waals surface area contributed by atoms with Crippen LogP contribution in [0.1, 0.15) is 50.5 Å². The summed E-state index contributed by atoms with van der Waals surface area (Å²) in [5.41, 5.74) is 0.860. The van der Waals surface area contributed by atoms with Gasteiger partial charge in [0.2, 0.25) is 5.91 Å². The Morgan fingerprint density at radius 1 is 1.33 bits per heavy atom. The third-order valence-corrected chi connectivity index (χ3v) is 4.94. The summed E-state index contributed by atoms with van der Waals surface area (Å²) < 4.78 is 19.9. The van der Waals surface area contributed by atoms with E-state index in [0.717, 1.165) is 25.7 Å². The van der Waals surface area contributed by atoms with Crippen molar-refractivity contribution >= 4 is 23.5 Å². The van der Waals surface area contributed by atoms with Crippen molar-refractivity contribution in [2.45, 2.75) is 51.0 Å². The van der Waals surface area contributed by atoms with E-state index in [2.05, 4.69) is 5.32 Å². The molecular formula is C18H19ClFNO3. The largest absolute Gasteiger partial charge is 0.459 e. The van der Waals surface area contributed by atoms with Gasteiger partial charge in [-0.25, -0.2) is 9.18 Å². The van der Waals surface area contributed by atoms with Crippen molar-refractivity contribution in [3.05, 3.63) is 45.9 Å². The zero-order valence-electron chi connectivity index (χ0n) is 13.4. The lowest BCUT2D eigenvalue weighted by molar-refractivity contribution is -0.144. The van der Waals surface area contributed by atoms with Gasteiger partial charge in [0, 0.05) is 28.6 Å². The lowest BCUT2D eigenvalue weighted by atomic mass is 9.84. The Labute approximate surface area is 145 Å². The van der Waals surface area contributed by atoms with Crippen molar-refractivity contribution in [3.63, 3.8) is 0 Å². The van der Waals surface area contributed by atoms with Crippen LogP contribution in [0, 0.1) is 5.82 Å². The van der Waals surface area contributed by atoms with E-state index >= 15 is 0 Å². The Kier molecular flexibility index (Phi) is 4.90. The minimum atomic E-state index is -0.735. The van der Waals surface area contributed by atoms with Gasteiger partial charge in [-0.15, -0.1) is 0 Å². The fourth-order valence-electron chi connectivity index (χ4n) is 3.48. The first-order valence-corrected chi connectivity index (χ1v) is 8.50. The minimum absolute atomic E-state index is 0.0346. The summed E-state index contributed by atoms with van der Waals surface area (Å²) in [6.07, 6.45) is 3.62. The van der Waals surface area contributed by atoms with E-state index in [1.807, 2.05) is 0 Å². The number of carbonyl (C=O) groups excluding carboxylic acids is 2. The quantitative estimate of drug-likeness (QED) is 0.842. The molecule has 1 heterocycles. The van der Waals surface area contributed by atoms with E-state index in [9.17, 15) is 14.0 Å². The van der Waals surface area contributed by atoms with Gasteiger partial charge in [0.05, 0.1) is 5.57 Å². The van der Waals surface area contributed by atoms with Crippen LogP contribution in [0.25, 0.3) is 0 Å². The fourth-order valence-corrected chi connectivity index (χ4v) is 3.78. The summed E-state index contributed by atoms with van der Waals surface area (Å²) in [6.45, 7) is 1.63. The first-order valence-electron chi connectivity index (χ1n) is 8.13. The standard InChI is InChI=1S/C18H19ClFNO3/c1-10-16(18(23)24-11-5-2-3-6-11)12(9-15(22)21-10)17-13(19)7-4-8-14(17)20/h4,7-8,11-12H,2-3,5-6,9H2,1H3,(H,21,22)/t12-/m0/s1. The first kappa shape index (κ1) is 17.0. The molecule has 128 valence electrons. The van der Waals surface area contributed by atoms with Crippen LogP contribution in [0.3, 0.4) is 0 Å². The van der Waals surface area contributed by atoms with E-state index in [-0.39, 0.29) is 34.6 Å². The Morgan fingerprint density at radius 3 is 2.71 bits per heavy atom. The molecule has 1 aliphatic heterocycles. The SMILES string of the molecule is CC1=C(C(=O)OC2CCCC2)[C@@H](c2c(F)cccc2Cl)CC(=O)N1. The van der Waals surface area contributed by atoms with Crippen molar-refractivity contribution < 1.29 is 18.7 Å². The van der Waals surface area contributed by atoms with Crippen molar-refractivity contribution in [1.82, 2.24) is 5.32 Å². The Morgan fingerprint density at radius 2 is 2.04 bits per heavy atom. The Bertz CT molecular complexity index is 690. The third kappa shape index (κ3) is 3.31. The van der Waals surface area contributed by atoms with E-state index < -0.39 is 17.7 Å². The van der Waals surface area contributed by atoms with E-state index in [0.29, 0.717) is 5.70 Å². The van der Waals surface area contributed by atoms with Crippen LogP contribution in [0.4, 0.5) is 4.39 Å². The van der Waals surface area contributed by atoms with Crippen LogP contribution >= 0.6 is 11.6 Å². The predicted octanol–water partition coefficient (Wildman–Crippen LogP) is 3.84. The van der Waals surface area contributed by atoms with Gasteiger partial charge in [-0.05, 0) is 44.7 Å². The molecule has 4 nitrogen and oxygen atoms in total. The maximum atomic E-state index is 14.3. The highest BCUT2D eigenvalue weighted by Crippen LogP contribution is 2.39. The number of carbonyl (C=O) groups is 2. The van der Waals surface area contributed by atoms with Gasteiger partial charge in [0.15, 0.2) is 0 Å². The minimum Gasteiger partial charge on any atom is -0.459 e. The van der Waals surface area contributed by atoms with Gasteiger partial charge < -0.3 is 10.1 Å². The zero-order chi connectivity index (χ0) is 17.3. The zero-order valence-corrected chi connectivity index (χ0v) is 14.2. The number of rotatable bonds is 3. The van der Waals surface area contributed by atoms with Gasteiger partial charge >= 0.3 is 5.97 Å². The summed E-state index contributed by atoms with van der Waals surface area (Å²) in [5.74, 6) is -2.03. The second-order valence-corrected chi connectivity index (χ2v) is 6.70. The number of nitrogens with one attached hydrogen (secondary N) is 1. The lowest BCUT2D eigenvalue weighted by Gasteiger charge is -2.28. The van der Waals surface area contributed by atoms with Gasteiger partial charge in [0.1, 0.15) is 11.9 Å².